The number of aromatic nitrogens is 4. The molecule has 11 heteroatoms. The van der Waals surface area contributed by atoms with E-state index in [0.717, 1.165) is 27.7 Å². The molecule has 210 valence electrons. The largest absolute Gasteiger partial charge is 0.491 e. The van der Waals surface area contributed by atoms with Gasteiger partial charge in [0.15, 0.2) is 12.0 Å². The average Bonchev–Trinajstić information content (AvgIpc) is 3.62. The summed E-state index contributed by atoms with van der Waals surface area (Å²) in [5, 5.41) is 6.24. The van der Waals surface area contributed by atoms with Crippen LogP contribution in [0.15, 0.2) is 73.2 Å². The van der Waals surface area contributed by atoms with E-state index in [0.29, 0.717) is 28.1 Å². The lowest BCUT2D eigenvalue weighted by Gasteiger charge is -2.25. The summed E-state index contributed by atoms with van der Waals surface area (Å²) in [6.07, 6.45) is 1.81. The van der Waals surface area contributed by atoms with Crippen molar-refractivity contribution >= 4 is 51.0 Å². The number of rotatable bonds is 7. The first-order chi connectivity index (χ1) is 19.8. The zero-order chi connectivity index (χ0) is 28.1. The van der Waals surface area contributed by atoms with Crippen LogP contribution in [0.4, 0.5) is 5.82 Å². The van der Waals surface area contributed by atoms with Crippen molar-refractivity contribution in [3.63, 3.8) is 0 Å². The molecule has 9 nitrogen and oxygen atoms in total. The first kappa shape index (κ1) is 26.4. The molecule has 2 aliphatic rings. The molecule has 2 fully saturated rings. The van der Waals surface area contributed by atoms with Crippen molar-refractivity contribution in [2.24, 2.45) is 0 Å². The normalized spacial score (nSPS) is 23.2. The fourth-order valence-electron chi connectivity index (χ4n) is 5.42. The Kier molecular flexibility index (Phi) is 6.72. The van der Waals surface area contributed by atoms with Gasteiger partial charge in [0.1, 0.15) is 53.6 Å². The lowest BCUT2D eigenvalue weighted by atomic mass is 10.1. The van der Waals surface area contributed by atoms with E-state index in [1.54, 1.807) is 0 Å². The number of nitrogens with one attached hydrogen (secondary N) is 1. The van der Waals surface area contributed by atoms with Crippen LogP contribution in [0.1, 0.15) is 25.6 Å². The molecule has 0 spiro atoms. The number of hydrogen-bond donors (Lipinski definition) is 1. The first-order valence-electron chi connectivity index (χ1n) is 13.3. The molecule has 0 saturated carbocycles. The van der Waals surface area contributed by atoms with Crippen LogP contribution in [0, 0.1) is 0 Å². The SMILES string of the molecule is CC1(C)O[C@@H]2[C@H](O1)[C@@H](COc1ccc3ccc(NCc4ccc(Cl)cc4)nc3c1)O[C@H]2n1ccc2c(Cl)ncnc21. The molecular weight excluding hydrogens is 565 g/mol. The summed E-state index contributed by atoms with van der Waals surface area (Å²) in [6, 6.07) is 19.5. The maximum absolute atomic E-state index is 6.47. The van der Waals surface area contributed by atoms with Crippen molar-refractivity contribution in [3.05, 3.63) is 88.9 Å². The van der Waals surface area contributed by atoms with E-state index < -0.39 is 12.0 Å². The highest BCUT2D eigenvalue weighted by atomic mass is 35.5. The lowest BCUT2D eigenvalue weighted by molar-refractivity contribution is -0.198. The second-order valence-corrected chi connectivity index (χ2v) is 11.4. The van der Waals surface area contributed by atoms with Crippen molar-refractivity contribution in [2.75, 3.05) is 11.9 Å². The number of benzene rings is 2. The Morgan fingerprint density at radius 2 is 1.78 bits per heavy atom. The summed E-state index contributed by atoms with van der Waals surface area (Å²) in [6.45, 7) is 4.72. The third kappa shape index (κ3) is 5.20. The molecule has 0 radical (unpaired) electrons. The minimum absolute atomic E-state index is 0.270. The van der Waals surface area contributed by atoms with Crippen molar-refractivity contribution in [2.45, 2.75) is 50.7 Å². The zero-order valence-electron chi connectivity index (χ0n) is 22.3. The van der Waals surface area contributed by atoms with Crippen molar-refractivity contribution in [1.82, 2.24) is 19.5 Å². The van der Waals surface area contributed by atoms with E-state index >= 15 is 0 Å². The van der Waals surface area contributed by atoms with Crippen LogP contribution in [-0.2, 0) is 20.8 Å². The highest BCUT2D eigenvalue weighted by Crippen LogP contribution is 2.44. The van der Waals surface area contributed by atoms with E-state index in [1.165, 1.54) is 6.33 Å². The number of anilines is 1. The molecule has 0 amide bonds. The molecule has 2 aromatic carbocycles. The topological polar surface area (TPSA) is 92.6 Å². The maximum atomic E-state index is 6.47. The second kappa shape index (κ2) is 10.4. The van der Waals surface area contributed by atoms with Gasteiger partial charge in [-0.1, -0.05) is 35.3 Å². The van der Waals surface area contributed by atoms with Gasteiger partial charge < -0.3 is 28.8 Å². The van der Waals surface area contributed by atoms with Crippen LogP contribution in [-0.4, -0.2) is 50.2 Å². The quantitative estimate of drug-likeness (QED) is 0.217. The van der Waals surface area contributed by atoms with E-state index in [9.17, 15) is 0 Å². The van der Waals surface area contributed by atoms with Gasteiger partial charge in [0.2, 0.25) is 0 Å². The highest BCUT2D eigenvalue weighted by molar-refractivity contribution is 6.33. The molecule has 0 bridgehead atoms. The summed E-state index contributed by atoms with van der Waals surface area (Å²) in [7, 11) is 0. The Bertz CT molecular complexity index is 1730. The van der Waals surface area contributed by atoms with Gasteiger partial charge in [-0.25, -0.2) is 15.0 Å². The summed E-state index contributed by atoms with van der Waals surface area (Å²) in [5.41, 5.74) is 2.61. The van der Waals surface area contributed by atoms with Gasteiger partial charge in [-0.2, -0.15) is 0 Å². The molecule has 41 heavy (non-hydrogen) atoms. The van der Waals surface area contributed by atoms with Crippen LogP contribution < -0.4 is 10.1 Å². The van der Waals surface area contributed by atoms with E-state index in [4.69, 9.17) is 47.1 Å². The van der Waals surface area contributed by atoms with Crippen LogP contribution >= 0.6 is 23.2 Å². The van der Waals surface area contributed by atoms with Gasteiger partial charge in [-0.15, -0.1) is 0 Å². The van der Waals surface area contributed by atoms with Crippen LogP contribution in [0.2, 0.25) is 10.2 Å². The number of fused-ring (bicyclic) bond motifs is 3. The molecular formula is C30H27Cl2N5O4. The molecule has 5 heterocycles. The van der Waals surface area contributed by atoms with E-state index in [2.05, 4.69) is 15.3 Å². The Balaban J connectivity index is 1.08. The molecule has 2 saturated heterocycles. The van der Waals surface area contributed by atoms with Gasteiger partial charge in [0.05, 0.1) is 10.9 Å². The number of nitrogens with zero attached hydrogens (tertiary/aromatic N) is 4. The van der Waals surface area contributed by atoms with Gasteiger partial charge in [0, 0.05) is 29.2 Å². The minimum atomic E-state index is -0.756. The number of pyridine rings is 1. The first-order valence-corrected chi connectivity index (χ1v) is 14.1. The van der Waals surface area contributed by atoms with Gasteiger partial charge in [-0.3, -0.25) is 0 Å². The molecule has 4 atom stereocenters. The minimum Gasteiger partial charge on any atom is -0.491 e. The summed E-state index contributed by atoms with van der Waals surface area (Å²) in [5.74, 6) is 0.705. The maximum Gasteiger partial charge on any atom is 0.164 e. The Hall–Kier alpha value is -3.47. The third-order valence-electron chi connectivity index (χ3n) is 7.32. The molecule has 1 N–H and O–H groups in total. The highest BCUT2D eigenvalue weighted by Gasteiger charge is 2.56. The van der Waals surface area contributed by atoms with Gasteiger partial charge >= 0.3 is 0 Å². The Labute approximate surface area is 246 Å². The molecule has 0 aliphatic carbocycles. The standard InChI is InChI=1S/C30H27Cl2N5O4/c1-30(2)40-25-23(39-29(26(25)41-30)37-12-11-21-27(32)34-16-35-28(21)37)15-38-20-9-5-18-6-10-24(36-22(18)13-20)33-14-17-3-7-19(31)8-4-17/h3-13,16,23,25-26,29H,14-15H2,1-2H3,(H,33,36)/t23-,25-,26-,29-/m1/s1. The third-order valence-corrected chi connectivity index (χ3v) is 7.88. The summed E-state index contributed by atoms with van der Waals surface area (Å²) >= 11 is 12.3. The number of ether oxygens (including phenoxy) is 4. The van der Waals surface area contributed by atoms with E-state index in [-0.39, 0.29) is 24.9 Å². The molecule has 5 aromatic rings. The zero-order valence-corrected chi connectivity index (χ0v) is 23.8. The molecule has 3 aromatic heterocycles. The fourth-order valence-corrected chi connectivity index (χ4v) is 5.74. The van der Waals surface area contributed by atoms with Crippen LogP contribution in [0.5, 0.6) is 5.75 Å². The Morgan fingerprint density at radius 1 is 0.976 bits per heavy atom. The predicted octanol–water partition coefficient (Wildman–Crippen LogP) is 6.39. The second-order valence-electron chi connectivity index (χ2n) is 10.6. The van der Waals surface area contributed by atoms with E-state index in [1.807, 2.05) is 85.3 Å². The van der Waals surface area contributed by atoms with Crippen molar-refractivity contribution < 1.29 is 18.9 Å². The van der Waals surface area contributed by atoms with Crippen molar-refractivity contribution in [3.8, 4) is 5.75 Å². The number of hydrogen-bond acceptors (Lipinski definition) is 8. The fraction of sp³-hybridized carbons (Fsp3) is 0.300. The van der Waals surface area contributed by atoms with Gasteiger partial charge in [-0.05, 0) is 61.9 Å². The molecule has 7 rings (SSSR count). The van der Waals surface area contributed by atoms with Gasteiger partial charge in [0.25, 0.3) is 0 Å². The average molecular weight is 592 g/mol. The molecule has 2 aliphatic heterocycles. The molecule has 0 unspecified atom stereocenters. The summed E-state index contributed by atoms with van der Waals surface area (Å²) in [4.78, 5) is 13.3. The predicted molar refractivity (Wildman–Crippen MR) is 156 cm³/mol. The lowest BCUT2D eigenvalue weighted by Crippen LogP contribution is -2.33. The Morgan fingerprint density at radius 3 is 2.63 bits per heavy atom. The summed E-state index contributed by atoms with van der Waals surface area (Å²) < 4.78 is 27.2. The monoisotopic (exact) mass is 591 g/mol. The number of halogens is 2. The van der Waals surface area contributed by atoms with Crippen LogP contribution in [0.3, 0.4) is 0 Å². The van der Waals surface area contributed by atoms with Crippen LogP contribution in [0.25, 0.3) is 21.9 Å². The smallest absolute Gasteiger partial charge is 0.164 e. The van der Waals surface area contributed by atoms with Crippen molar-refractivity contribution in [1.29, 1.82) is 0 Å².